The van der Waals surface area contributed by atoms with Gasteiger partial charge < -0.3 is 14.6 Å². The third-order valence-corrected chi connectivity index (χ3v) is 3.26. The maximum absolute atomic E-state index is 13.2. The quantitative estimate of drug-likeness (QED) is 0.931. The molecule has 0 aliphatic heterocycles. The molecule has 1 unspecified atom stereocenters. The lowest BCUT2D eigenvalue weighted by molar-refractivity contribution is 0.213. The lowest BCUT2D eigenvalue weighted by Gasteiger charge is -2.18. The van der Waals surface area contributed by atoms with Crippen molar-refractivity contribution in [2.75, 3.05) is 14.2 Å². The van der Waals surface area contributed by atoms with Gasteiger partial charge in [0.05, 0.1) is 14.2 Å². The first-order chi connectivity index (χ1) is 9.56. The van der Waals surface area contributed by atoms with Crippen LogP contribution in [0.25, 0.3) is 0 Å². The van der Waals surface area contributed by atoms with Crippen LogP contribution in [0.4, 0.5) is 4.39 Å². The maximum atomic E-state index is 13.2. The van der Waals surface area contributed by atoms with E-state index in [0.717, 1.165) is 0 Å². The van der Waals surface area contributed by atoms with Gasteiger partial charge in [-0.3, -0.25) is 0 Å². The van der Waals surface area contributed by atoms with Crippen molar-refractivity contribution in [1.29, 1.82) is 0 Å². The molecule has 0 amide bonds. The van der Waals surface area contributed by atoms with Crippen LogP contribution in [0.1, 0.15) is 22.8 Å². The van der Waals surface area contributed by atoms with E-state index in [1.165, 1.54) is 19.2 Å². The van der Waals surface area contributed by atoms with Gasteiger partial charge in [-0.2, -0.15) is 0 Å². The Morgan fingerprint density at radius 3 is 2.35 bits per heavy atom. The lowest BCUT2D eigenvalue weighted by Crippen LogP contribution is -2.05. The minimum atomic E-state index is -0.902. The third kappa shape index (κ3) is 2.75. The summed E-state index contributed by atoms with van der Waals surface area (Å²) in [7, 11) is 3.09. The smallest absolute Gasteiger partial charge is 0.125 e. The summed E-state index contributed by atoms with van der Waals surface area (Å²) in [4.78, 5) is 0. The topological polar surface area (TPSA) is 38.7 Å². The summed E-state index contributed by atoms with van der Waals surface area (Å²) in [5.41, 5.74) is 1.90. The summed E-state index contributed by atoms with van der Waals surface area (Å²) in [5, 5.41) is 10.5. The minimum Gasteiger partial charge on any atom is -0.497 e. The first-order valence-corrected chi connectivity index (χ1v) is 6.23. The van der Waals surface area contributed by atoms with Crippen LogP contribution in [0.3, 0.4) is 0 Å². The number of rotatable bonds is 4. The second-order valence-corrected chi connectivity index (χ2v) is 4.51. The number of hydrogen-bond acceptors (Lipinski definition) is 3. The molecule has 0 saturated carbocycles. The molecule has 1 atom stereocenters. The van der Waals surface area contributed by atoms with Crippen molar-refractivity contribution in [1.82, 2.24) is 0 Å². The lowest BCUT2D eigenvalue weighted by atomic mass is 9.96. The molecule has 0 bridgehead atoms. The van der Waals surface area contributed by atoms with Crippen LogP contribution < -0.4 is 9.47 Å². The normalized spacial score (nSPS) is 12.1. The van der Waals surface area contributed by atoms with Crippen molar-refractivity contribution in [3.63, 3.8) is 0 Å². The molecule has 2 rings (SSSR count). The predicted molar refractivity (Wildman–Crippen MR) is 74.7 cm³/mol. The highest BCUT2D eigenvalue weighted by atomic mass is 19.1. The largest absolute Gasteiger partial charge is 0.497 e. The summed E-state index contributed by atoms with van der Waals surface area (Å²) < 4.78 is 23.6. The van der Waals surface area contributed by atoms with Crippen molar-refractivity contribution >= 4 is 0 Å². The number of halogens is 1. The van der Waals surface area contributed by atoms with E-state index in [0.29, 0.717) is 28.2 Å². The number of aliphatic hydroxyl groups excluding tert-OH is 1. The van der Waals surface area contributed by atoms with Gasteiger partial charge in [-0.05, 0) is 48.4 Å². The van der Waals surface area contributed by atoms with Crippen LogP contribution in [0.5, 0.6) is 11.5 Å². The summed E-state index contributed by atoms with van der Waals surface area (Å²) in [6, 6.07) is 9.51. The molecule has 0 saturated heterocycles. The van der Waals surface area contributed by atoms with Gasteiger partial charge in [0.1, 0.15) is 23.4 Å². The molecule has 0 spiro atoms. The monoisotopic (exact) mass is 276 g/mol. The van der Waals surface area contributed by atoms with Gasteiger partial charge in [0.2, 0.25) is 0 Å². The Labute approximate surface area is 117 Å². The molecule has 2 aromatic rings. The fourth-order valence-electron chi connectivity index (χ4n) is 2.17. The Morgan fingerprint density at radius 1 is 1.00 bits per heavy atom. The highest BCUT2D eigenvalue weighted by Gasteiger charge is 2.18. The molecular formula is C16H17FO3. The molecular weight excluding hydrogens is 259 g/mol. The van der Waals surface area contributed by atoms with Crippen molar-refractivity contribution in [3.05, 3.63) is 58.9 Å². The van der Waals surface area contributed by atoms with Crippen LogP contribution in [0.15, 0.2) is 36.4 Å². The van der Waals surface area contributed by atoms with Gasteiger partial charge in [0.15, 0.2) is 0 Å². The molecule has 4 heteroatoms. The summed E-state index contributed by atoms with van der Waals surface area (Å²) >= 11 is 0. The zero-order chi connectivity index (χ0) is 14.7. The van der Waals surface area contributed by atoms with E-state index in [-0.39, 0.29) is 5.82 Å². The van der Waals surface area contributed by atoms with E-state index >= 15 is 0 Å². The molecule has 3 nitrogen and oxygen atoms in total. The summed E-state index contributed by atoms with van der Waals surface area (Å²) in [6.45, 7) is 1.76. The van der Waals surface area contributed by atoms with Crippen LogP contribution in [0.2, 0.25) is 0 Å². The van der Waals surface area contributed by atoms with Crippen LogP contribution in [0, 0.1) is 12.7 Å². The highest BCUT2D eigenvalue weighted by molar-refractivity contribution is 5.46. The molecule has 0 aliphatic rings. The molecule has 20 heavy (non-hydrogen) atoms. The molecule has 1 N–H and O–H groups in total. The number of ether oxygens (including phenoxy) is 2. The molecule has 0 heterocycles. The Kier molecular flexibility index (Phi) is 4.25. The van der Waals surface area contributed by atoms with E-state index in [1.807, 2.05) is 0 Å². The summed E-state index contributed by atoms with van der Waals surface area (Å²) in [6.07, 6.45) is -0.902. The molecule has 0 aliphatic carbocycles. The van der Waals surface area contributed by atoms with Crippen LogP contribution in [-0.4, -0.2) is 19.3 Å². The van der Waals surface area contributed by atoms with Gasteiger partial charge in [-0.25, -0.2) is 4.39 Å². The van der Waals surface area contributed by atoms with E-state index in [4.69, 9.17) is 9.47 Å². The molecule has 106 valence electrons. The van der Waals surface area contributed by atoms with Crippen molar-refractivity contribution in [3.8, 4) is 11.5 Å². The molecule has 0 radical (unpaired) electrons. The first-order valence-electron chi connectivity index (χ1n) is 6.23. The van der Waals surface area contributed by atoms with Crippen LogP contribution >= 0.6 is 0 Å². The number of hydrogen-bond donors (Lipinski definition) is 1. The highest BCUT2D eigenvalue weighted by Crippen LogP contribution is 2.34. The van der Waals surface area contributed by atoms with Crippen molar-refractivity contribution in [2.45, 2.75) is 13.0 Å². The predicted octanol–water partition coefficient (Wildman–Crippen LogP) is 3.23. The van der Waals surface area contributed by atoms with Gasteiger partial charge in [0.25, 0.3) is 0 Å². The van der Waals surface area contributed by atoms with E-state index in [1.54, 1.807) is 38.3 Å². The van der Waals surface area contributed by atoms with Gasteiger partial charge in [-0.15, -0.1) is 0 Å². The van der Waals surface area contributed by atoms with E-state index in [9.17, 15) is 9.50 Å². The third-order valence-electron chi connectivity index (χ3n) is 3.26. The second kappa shape index (κ2) is 5.92. The molecule has 2 aromatic carbocycles. The average molecular weight is 276 g/mol. The van der Waals surface area contributed by atoms with Crippen molar-refractivity contribution < 1.29 is 19.0 Å². The second-order valence-electron chi connectivity index (χ2n) is 4.51. The Bertz CT molecular complexity index is 611. The van der Waals surface area contributed by atoms with Gasteiger partial charge in [0, 0.05) is 5.56 Å². The Morgan fingerprint density at radius 2 is 1.75 bits per heavy atom. The fourth-order valence-corrected chi connectivity index (χ4v) is 2.17. The molecule has 0 aromatic heterocycles. The minimum absolute atomic E-state index is 0.323. The average Bonchev–Trinajstić information content (AvgIpc) is 2.46. The number of aryl methyl sites for hydroxylation is 1. The molecule has 0 fully saturated rings. The van der Waals surface area contributed by atoms with Gasteiger partial charge >= 0.3 is 0 Å². The van der Waals surface area contributed by atoms with E-state index < -0.39 is 6.10 Å². The number of benzene rings is 2. The van der Waals surface area contributed by atoms with Crippen LogP contribution in [-0.2, 0) is 0 Å². The summed E-state index contributed by atoms with van der Waals surface area (Å²) in [5.74, 6) is 0.859. The van der Waals surface area contributed by atoms with Crippen molar-refractivity contribution in [2.24, 2.45) is 0 Å². The first kappa shape index (κ1) is 14.3. The SMILES string of the molecule is COc1ccc(OC)c(C(O)c2ccc(F)cc2C)c1. The standard InChI is InChI=1S/C16H17FO3/c1-10-8-11(17)4-6-13(10)16(18)14-9-12(19-2)5-7-15(14)20-3/h4-9,16,18H,1-3H3. The number of methoxy groups -OCH3 is 2. The Hall–Kier alpha value is -2.07. The maximum Gasteiger partial charge on any atom is 0.125 e. The fraction of sp³-hybridized carbons (Fsp3) is 0.250. The Balaban J connectivity index is 2.48. The zero-order valence-electron chi connectivity index (χ0n) is 11.7. The van der Waals surface area contributed by atoms with Gasteiger partial charge in [-0.1, -0.05) is 6.07 Å². The number of aliphatic hydroxyl groups is 1. The zero-order valence-corrected chi connectivity index (χ0v) is 11.7. The van der Waals surface area contributed by atoms with E-state index in [2.05, 4.69) is 0 Å².